The topological polar surface area (TPSA) is 61.4 Å². The molecule has 3 rings (SSSR count). The van der Waals surface area contributed by atoms with Crippen LogP contribution in [-0.2, 0) is 15.8 Å². The van der Waals surface area contributed by atoms with E-state index in [9.17, 15) is 22.8 Å². The summed E-state index contributed by atoms with van der Waals surface area (Å²) in [4.78, 5) is 26.7. The minimum Gasteiger partial charge on any atom is -0.324 e. The zero-order chi connectivity index (χ0) is 24.0. The number of halogens is 3. The largest absolute Gasteiger partial charge is 0.418 e. The van der Waals surface area contributed by atoms with Gasteiger partial charge >= 0.3 is 6.18 Å². The summed E-state index contributed by atoms with van der Waals surface area (Å²) in [5.41, 5.74) is 1.17. The van der Waals surface area contributed by atoms with Crippen molar-refractivity contribution in [3.63, 3.8) is 0 Å². The lowest BCUT2D eigenvalue weighted by atomic mass is 10.0. The molecule has 3 aromatic carbocycles. The zero-order valence-electron chi connectivity index (χ0n) is 18.2. The first kappa shape index (κ1) is 24.0. The molecule has 0 radical (unpaired) electrons. The Kier molecular flexibility index (Phi) is 7.50. The van der Waals surface area contributed by atoms with E-state index in [-0.39, 0.29) is 18.1 Å². The van der Waals surface area contributed by atoms with Crippen molar-refractivity contribution in [2.75, 3.05) is 24.2 Å². The maximum atomic E-state index is 13.1. The Morgan fingerprint density at radius 3 is 2.09 bits per heavy atom. The fourth-order valence-electron chi connectivity index (χ4n) is 3.29. The van der Waals surface area contributed by atoms with E-state index < -0.39 is 23.7 Å². The fourth-order valence-corrected chi connectivity index (χ4v) is 3.29. The van der Waals surface area contributed by atoms with Gasteiger partial charge in [0.15, 0.2) is 0 Å². The molecule has 0 aliphatic rings. The normalized spacial score (nSPS) is 12.3. The van der Waals surface area contributed by atoms with Crippen molar-refractivity contribution in [1.29, 1.82) is 0 Å². The Morgan fingerprint density at radius 1 is 0.848 bits per heavy atom. The van der Waals surface area contributed by atoms with Crippen LogP contribution in [0.4, 0.5) is 24.5 Å². The summed E-state index contributed by atoms with van der Waals surface area (Å²) >= 11 is 0. The lowest BCUT2D eigenvalue weighted by Crippen LogP contribution is -2.43. The first-order chi connectivity index (χ1) is 15.7. The molecule has 0 spiro atoms. The van der Waals surface area contributed by atoms with Crippen molar-refractivity contribution in [2.45, 2.75) is 19.1 Å². The van der Waals surface area contributed by atoms with Crippen LogP contribution in [0, 0.1) is 0 Å². The van der Waals surface area contributed by atoms with Crippen molar-refractivity contribution < 1.29 is 22.8 Å². The number of hydrogen-bond acceptors (Lipinski definition) is 3. The van der Waals surface area contributed by atoms with Crippen LogP contribution in [0.2, 0.25) is 0 Å². The smallest absolute Gasteiger partial charge is 0.324 e. The summed E-state index contributed by atoms with van der Waals surface area (Å²) in [7, 11) is 1.56. The van der Waals surface area contributed by atoms with Crippen molar-refractivity contribution in [3.8, 4) is 11.1 Å². The number of carbonyl (C=O) groups excluding carboxylic acids is 2. The molecule has 0 aromatic heterocycles. The summed E-state index contributed by atoms with van der Waals surface area (Å²) < 4.78 is 39.4. The number of alkyl halides is 3. The minimum absolute atomic E-state index is 0.263. The second-order valence-corrected chi connectivity index (χ2v) is 7.58. The number of nitrogens with one attached hydrogen (secondary N) is 2. The van der Waals surface area contributed by atoms with Crippen LogP contribution >= 0.6 is 0 Å². The molecule has 172 valence electrons. The molecular weight excluding hydrogens is 431 g/mol. The maximum absolute atomic E-state index is 13.1. The van der Waals surface area contributed by atoms with Crippen LogP contribution in [-0.4, -0.2) is 36.3 Å². The second kappa shape index (κ2) is 10.3. The van der Waals surface area contributed by atoms with Crippen LogP contribution in [0.15, 0.2) is 78.9 Å². The SMILES string of the molecule is C[C@@H](C(=O)Nc1ccccc1-c1ccccc1)N(C)CC(=O)Nc1ccccc1C(F)(F)F. The highest BCUT2D eigenvalue weighted by Gasteiger charge is 2.33. The Labute approximate surface area is 190 Å². The Bertz CT molecular complexity index is 1120. The number of carbonyl (C=O) groups is 2. The first-order valence-electron chi connectivity index (χ1n) is 10.3. The molecule has 2 amide bonds. The molecule has 0 bridgehead atoms. The van der Waals surface area contributed by atoms with Crippen LogP contribution in [0.3, 0.4) is 0 Å². The van der Waals surface area contributed by atoms with E-state index >= 15 is 0 Å². The van der Waals surface area contributed by atoms with Gasteiger partial charge in [-0.1, -0.05) is 60.7 Å². The predicted molar refractivity (Wildman–Crippen MR) is 123 cm³/mol. The average molecular weight is 455 g/mol. The second-order valence-electron chi connectivity index (χ2n) is 7.58. The summed E-state index contributed by atoms with van der Waals surface area (Å²) in [6.07, 6.45) is -4.59. The van der Waals surface area contributed by atoms with Crippen molar-refractivity contribution in [3.05, 3.63) is 84.4 Å². The maximum Gasteiger partial charge on any atom is 0.418 e. The van der Waals surface area contributed by atoms with Gasteiger partial charge in [0.25, 0.3) is 0 Å². The number of para-hydroxylation sites is 2. The highest BCUT2D eigenvalue weighted by molar-refractivity contribution is 5.99. The van der Waals surface area contributed by atoms with Gasteiger partial charge in [0.2, 0.25) is 11.8 Å². The highest BCUT2D eigenvalue weighted by atomic mass is 19.4. The molecule has 0 saturated heterocycles. The van der Waals surface area contributed by atoms with Gasteiger partial charge in [0, 0.05) is 11.3 Å². The van der Waals surface area contributed by atoms with Crippen LogP contribution < -0.4 is 10.6 Å². The van der Waals surface area contributed by atoms with E-state index in [0.29, 0.717) is 5.69 Å². The first-order valence-corrected chi connectivity index (χ1v) is 10.3. The molecule has 1 atom stereocenters. The predicted octanol–water partition coefficient (Wildman–Crippen LogP) is 5.27. The van der Waals surface area contributed by atoms with Gasteiger partial charge in [-0.2, -0.15) is 13.2 Å². The molecule has 0 aliphatic heterocycles. The van der Waals surface area contributed by atoms with Crippen LogP contribution in [0.1, 0.15) is 12.5 Å². The molecule has 0 aliphatic carbocycles. The third-order valence-electron chi connectivity index (χ3n) is 5.21. The Balaban J connectivity index is 1.65. The van der Waals surface area contributed by atoms with Gasteiger partial charge in [-0.25, -0.2) is 0 Å². The minimum atomic E-state index is -4.59. The summed E-state index contributed by atoms with van der Waals surface area (Å²) in [6.45, 7) is 1.36. The van der Waals surface area contributed by atoms with Gasteiger partial charge in [0.1, 0.15) is 0 Å². The number of benzene rings is 3. The molecule has 0 fully saturated rings. The van der Waals surface area contributed by atoms with E-state index in [1.165, 1.54) is 23.1 Å². The summed E-state index contributed by atoms with van der Waals surface area (Å²) in [5, 5.41) is 5.17. The third kappa shape index (κ3) is 6.20. The molecule has 0 unspecified atom stereocenters. The standard InChI is InChI=1S/C25H24F3N3O2/c1-17(24(33)30-21-14-8-6-12-19(21)18-10-4-3-5-11-18)31(2)16-23(32)29-22-15-9-7-13-20(22)25(26,27)28/h3-15,17H,16H2,1-2H3,(H,29,32)(H,30,33)/t17-/m0/s1. The number of amides is 2. The van der Waals surface area contributed by atoms with Gasteiger partial charge < -0.3 is 10.6 Å². The van der Waals surface area contributed by atoms with Gasteiger partial charge in [0.05, 0.1) is 23.8 Å². The van der Waals surface area contributed by atoms with E-state index in [4.69, 9.17) is 0 Å². The van der Waals surface area contributed by atoms with Crippen molar-refractivity contribution >= 4 is 23.2 Å². The number of anilines is 2. The lowest BCUT2D eigenvalue weighted by molar-refractivity contribution is -0.137. The van der Waals surface area contributed by atoms with Gasteiger partial charge in [-0.15, -0.1) is 0 Å². The lowest BCUT2D eigenvalue weighted by Gasteiger charge is -2.24. The number of likely N-dealkylation sites (N-methyl/N-ethyl adjacent to an activating group) is 1. The highest BCUT2D eigenvalue weighted by Crippen LogP contribution is 2.34. The molecular formula is C25H24F3N3O2. The molecule has 3 aromatic rings. The molecule has 5 nitrogen and oxygen atoms in total. The molecule has 2 N–H and O–H groups in total. The monoisotopic (exact) mass is 455 g/mol. The number of nitrogens with zero attached hydrogens (tertiary/aromatic N) is 1. The average Bonchev–Trinajstić information content (AvgIpc) is 2.79. The van der Waals surface area contributed by atoms with Crippen LogP contribution in [0.5, 0.6) is 0 Å². The molecule has 0 heterocycles. The summed E-state index contributed by atoms with van der Waals surface area (Å²) in [6, 6.07) is 21.0. The van der Waals surface area contributed by atoms with E-state index in [1.807, 2.05) is 48.5 Å². The van der Waals surface area contributed by atoms with E-state index in [2.05, 4.69) is 10.6 Å². The molecule has 0 saturated carbocycles. The van der Waals surface area contributed by atoms with E-state index in [1.54, 1.807) is 20.0 Å². The fraction of sp³-hybridized carbons (Fsp3) is 0.200. The third-order valence-corrected chi connectivity index (χ3v) is 5.21. The van der Waals surface area contributed by atoms with Gasteiger partial charge in [-0.05, 0) is 37.7 Å². The van der Waals surface area contributed by atoms with Gasteiger partial charge in [-0.3, -0.25) is 14.5 Å². The Hall–Kier alpha value is -3.65. The van der Waals surface area contributed by atoms with Crippen molar-refractivity contribution in [1.82, 2.24) is 4.90 Å². The van der Waals surface area contributed by atoms with E-state index in [0.717, 1.165) is 17.2 Å². The number of rotatable bonds is 7. The molecule has 33 heavy (non-hydrogen) atoms. The molecule has 8 heteroatoms. The Morgan fingerprint density at radius 2 is 1.42 bits per heavy atom. The quantitative estimate of drug-likeness (QED) is 0.510. The van der Waals surface area contributed by atoms with Crippen LogP contribution in [0.25, 0.3) is 11.1 Å². The zero-order valence-corrected chi connectivity index (χ0v) is 18.2. The summed E-state index contributed by atoms with van der Waals surface area (Å²) in [5.74, 6) is -0.997. The van der Waals surface area contributed by atoms with Crippen molar-refractivity contribution in [2.24, 2.45) is 0 Å². The number of hydrogen-bond donors (Lipinski definition) is 2.